The Morgan fingerprint density at radius 3 is 2.76 bits per heavy atom. The maximum atomic E-state index is 12.8. The highest BCUT2D eigenvalue weighted by molar-refractivity contribution is 6.00. The smallest absolute Gasteiger partial charge is 0.304 e. The molecule has 0 saturated heterocycles. The van der Waals surface area contributed by atoms with E-state index in [-0.39, 0.29) is 37.1 Å². The van der Waals surface area contributed by atoms with Gasteiger partial charge in [0.2, 0.25) is 11.8 Å². The zero-order chi connectivity index (χ0) is 20.8. The largest absolute Gasteiger partial charge is 0.481 e. The van der Waals surface area contributed by atoms with Crippen molar-refractivity contribution < 1.29 is 24.2 Å². The number of hydrogen-bond donors (Lipinski definition) is 3. The van der Waals surface area contributed by atoms with Gasteiger partial charge in [-0.15, -0.1) is 0 Å². The topological polar surface area (TPSA) is 118 Å². The van der Waals surface area contributed by atoms with E-state index in [0.29, 0.717) is 18.0 Å². The first-order valence-electron chi connectivity index (χ1n) is 9.30. The number of carboxylic acids is 1. The van der Waals surface area contributed by atoms with Crippen molar-refractivity contribution in [3.05, 3.63) is 59.3 Å². The van der Waals surface area contributed by atoms with Gasteiger partial charge in [-0.2, -0.15) is 0 Å². The fourth-order valence-electron chi connectivity index (χ4n) is 3.43. The van der Waals surface area contributed by atoms with Crippen molar-refractivity contribution in [2.45, 2.75) is 31.3 Å². The van der Waals surface area contributed by atoms with E-state index in [1.165, 1.54) is 0 Å². The van der Waals surface area contributed by atoms with Crippen LogP contribution < -0.4 is 10.6 Å². The van der Waals surface area contributed by atoms with Crippen LogP contribution in [0.4, 0.5) is 5.82 Å². The van der Waals surface area contributed by atoms with Gasteiger partial charge in [-0.3, -0.25) is 14.4 Å². The van der Waals surface area contributed by atoms with Crippen LogP contribution >= 0.6 is 0 Å². The molecule has 3 N–H and O–H groups in total. The van der Waals surface area contributed by atoms with E-state index in [1.807, 2.05) is 24.3 Å². The van der Waals surface area contributed by atoms with E-state index in [1.54, 1.807) is 25.4 Å². The Hall–Kier alpha value is -3.26. The van der Waals surface area contributed by atoms with Gasteiger partial charge in [-0.25, -0.2) is 4.98 Å². The normalized spacial score (nSPS) is 16.4. The Bertz CT molecular complexity index is 897. The average Bonchev–Trinajstić information content (AvgIpc) is 2.71. The summed E-state index contributed by atoms with van der Waals surface area (Å²) in [6.45, 7) is 0.625. The van der Waals surface area contributed by atoms with Gasteiger partial charge in [-0.05, 0) is 17.2 Å². The molecule has 1 aliphatic heterocycles. The minimum absolute atomic E-state index is 0.0276. The number of aliphatic carboxylic acids is 1. The second-order valence-electron chi connectivity index (χ2n) is 6.96. The predicted molar refractivity (Wildman–Crippen MR) is 105 cm³/mol. The third-order valence-corrected chi connectivity index (χ3v) is 4.88. The minimum Gasteiger partial charge on any atom is -0.481 e. The third kappa shape index (κ3) is 5.17. The number of fused-ring (bicyclic) bond motifs is 1. The fraction of sp³-hybridized carbons (Fsp3) is 0.333. The second kappa shape index (κ2) is 9.29. The first kappa shape index (κ1) is 20.5. The van der Waals surface area contributed by atoms with Crippen LogP contribution in [-0.2, 0) is 25.7 Å². The number of benzene rings is 1. The van der Waals surface area contributed by atoms with Gasteiger partial charge in [0.1, 0.15) is 5.82 Å². The third-order valence-electron chi connectivity index (χ3n) is 4.88. The van der Waals surface area contributed by atoms with E-state index in [9.17, 15) is 19.5 Å². The van der Waals surface area contributed by atoms with Crippen molar-refractivity contribution in [2.24, 2.45) is 0 Å². The average molecular weight is 397 g/mol. The molecule has 29 heavy (non-hydrogen) atoms. The number of carbonyl (C=O) groups excluding carboxylic acids is 2. The predicted octanol–water partition coefficient (Wildman–Crippen LogP) is 2.03. The van der Waals surface area contributed by atoms with Crippen LogP contribution in [0.5, 0.6) is 0 Å². The van der Waals surface area contributed by atoms with Crippen molar-refractivity contribution in [1.82, 2.24) is 10.3 Å². The monoisotopic (exact) mass is 397 g/mol. The van der Waals surface area contributed by atoms with Crippen LogP contribution in [0, 0.1) is 0 Å². The van der Waals surface area contributed by atoms with Crippen LogP contribution in [0.25, 0.3) is 0 Å². The Morgan fingerprint density at radius 2 is 2.07 bits per heavy atom. The van der Waals surface area contributed by atoms with Gasteiger partial charge in [0.25, 0.3) is 0 Å². The van der Waals surface area contributed by atoms with Gasteiger partial charge in [0.15, 0.2) is 0 Å². The molecule has 1 aliphatic rings. The van der Waals surface area contributed by atoms with Crippen molar-refractivity contribution >= 4 is 23.6 Å². The van der Waals surface area contributed by atoms with Crippen LogP contribution in [0.2, 0.25) is 0 Å². The highest BCUT2D eigenvalue weighted by Gasteiger charge is 2.31. The highest BCUT2D eigenvalue weighted by Crippen LogP contribution is 2.30. The molecule has 152 valence electrons. The summed E-state index contributed by atoms with van der Waals surface area (Å²) in [5.41, 5.74) is 2.45. The van der Waals surface area contributed by atoms with Gasteiger partial charge < -0.3 is 20.5 Å². The van der Waals surface area contributed by atoms with Crippen LogP contribution in [-0.4, -0.2) is 41.5 Å². The summed E-state index contributed by atoms with van der Waals surface area (Å²) in [7, 11) is 1.61. The summed E-state index contributed by atoms with van der Waals surface area (Å²) in [6, 6.07) is 10.9. The van der Waals surface area contributed by atoms with Crippen molar-refractivity contribution in [3.8, 4) is 0 Å². The number of anilines is 1. The van der Waals surface area contributed by atoms with Crippen LogP contribution in [0.15, 0.2) is 42.6 Å². The minimum atomic E-state index is -0.947. The molecule has 0 saturated carbocycles. The molecule has 0 bridgehead atoms. The molecule has 0 aliphatic carbocycles. The lowest BCUT2D eigenvalue weighted by Gasteiger charge is -2.25. The first-order valence-corrected chi connectivity index (χ1v) is 9.30. The molecule has 1 aromatic carbocycles. The van der Waals surface area contributed by atoms with Crippen LogP contribution in [0.3, 0.4) is 0 Å². The summed E-state index contributed by atoms with van der Waals surface area (Å²) in [5.74, 6) is -2.19. The SMILES string of the molecule is COCc1ccc(C(CNC(=O)C2CC(=O)Nc3ncccc32)CC(=O)O)cc1. The molecule has 3 rings (SSSR count). The summed E-state index contributed by atoms with van der Waals surface area (Å²) < 4.78 is 5.09. The van der Waals surface area contributed by atoms with E-state index < -0.39 is 11.9 Å². The molecule has 2 unspecified atom stereocenters. The number of nitrogens with one attached hydrogen (secondary N) is 2. The zero-order valence-corrected chi connectivity index (χ0v) is 16.1. The number of ether oxygens (including phenoxy) is 1. The van der Waals surface area contributed by atoms with E-state index >= 15 is 0 Å². The van der Waals surface area contributed by atoms with E-state index in [2.05, 4.69) is 15.6 Å². The molecule has 8 heteroatoms. The molecule has 1 aromatic heterocycles. The van der Waals surface area contributed by atoms with Crippen molar-refractivity contribution in [2.75, 3.05) is 19.0 Å². The van der Waals surface area contributed by atoms with Gasteiger partial charge >= 0.3 is 5.97 Å². The van der Waals surface area contributed by atoms with Gasteiger partial charge in [0.05, 0.1) is 18.9 Å². The number of hydrogen-bond acceptors (Lipinski definition) is 5. The molecular weight excluding hydrogens is 374 g/mol. The first-order chi connectivity index (χ1) is 14.0. The number of amides is 2. The quantitative estimate of drug-likeness (QED) is 0.627. The molecular formula is C21H23N3O5. The van der Waals surface area contributed by atoms with E-state index in [0.717, 1.165) is 11.1 Å². The Labute approximate surface area is 168 Å². The molecule has 2 atom stereocenters. The number of pyridine rings is 1. The van der Waals surface area contributed by atoms with Gasteiger partial charge in [-0.1, -0.05) is 30.3 Å². The molecule has 2 heterocycles. The molecule has 0 fully saturated rings. The molecule has 2 aromatic rings. The number of methoxy groups -OCH3 is 1. The van der Waals surface area contributed by atoms with E-state index in [4.69, 9.17) is 4.74 Å². The summed E-state index contributed by atoms with van der Waals surface area (Å²) >= 11 is 0. The Kier molecular flexibility index (Phi) is 6.56. The molecule has 2 amide bonds. The maximum absolute atomic E-state index is 12.8. The molecule has 0 radical (unpaired) electrons. The summed E-state index contributed by atoms with van der Waals surface area (Å²) in [6.07, 6.45) is 1.46. The lowest BCUT2D eigenvalue weighted by atomic mass is 9.91. The van der Waals surface area contributed by atoms with Crippen molar-refractivity contribution in [3.63, 3.8) is 0 Å². The van der Waals surface area contributed by atoms with Gasteiger partial charge in [0, 0.05) is 37.8 Å². The number of nitrogens with zero attached hydrogens (tertiary/aromatic N) is 1. The highest BCUT2D eigenvalue weighted by atomic mass is 16.5. The number of rotatable bonds is 8. The van der Waals surface area contributed by atoms with Crippen molar-refractivity contribution in [1.29, 1.82) is 0 Å². The number of aromatic nitrogens is 1. The van der Waals surface area contributed by atoms with Crippen LogP contribution in [0.1, 0.15) is 41.4 Å². The maximum Gasteiger partial charge on any atom is 0.304 e. The zero-order valence-electron chi connectivity index (χ0n) is 16.1. The Morgan fingerprint density at radius 1 is 1.31 bits per heavy atom. The number of carboxylic acid groups (broad SMARTS) is 1. The fourth-order valence-corrected chi connectivity index (χ4v) is 3.43. The Balaban J connectivity index is 1.71. The molecule has 8 nitrogen and oxygen atoms in total. The number of carbonyl (C=O) groups is 3. The second-order valence-corrected chi connectivity index (χ2v) is 6.96. The summed E-state index contributed by atoms with van der Waals surface area (Å²) in [4.78, 5) is 40.1. The summed E-state index contributed by atoms with van der Waals surface area (Å²) in [5, 5.41) is 14.8. The standard InChI is InChI=1S/C21H23N3O5/c1-29-12-13-4-6-14(7-5-13)15(9-19(26)27)11-23-21(28)17-10-18(25)24-20-16(17)3-2-8-22-20/h2-8,15,17H,9-12H2,1H3,(H,23,28)(H,26,27)(H,22,24,25). The molecule has 0 spiro atoms. The lowest BCUT2D eigenvalue weighted by Crippen LogP contribution is -2.37. The lowest BCUT2D eigenvalue weighted by molar-refractivity contribution is -0.137.